The van der Waals surface area contributed by atoms with Gasteiger partial charge in [0.25, 0.3) is 0 Å². The van der Waals surface area contributed by atoms with Gasteiger partial charge < -0.3 is 9.47 Å². The van der Waals surface area contributed by atoms with E-state index in [4.69, 9.17) is 12.2 Å². The minimum atomic E-state index is 0.725. The first-order valence-electron chi connectivity index (χ1n) is 7.14. The average Bonchev–Trinajstić information content (AvgIpc) is 3.06. The molecule has 0 aliphatic heterocycles. The van der Waals surface area contributed by atoms with Gasteiger partial charge in [-0.25, -0.2) is 0 Å². The Morgan fingerprint density at radius 1 is 1.26 bits per heavy atom. The number of pyridine rings is 1. The molecule has 0 saturated carbocycles. The second-order valence-corrected chi connectivity index (χ2v) is 8.31. The molecule has 0 bridgehead atoms. The number of hydrogen-bond acceptors (Lipinski definition) is 4. The normalized spacial score (nSPS) is 12.5. The summed E-state index contributed by atoms with van der Waals surface area (Å²) in [5.41, 5.74) is 1.02. The van der Waals surface area contributed by atoms with E-state index in [9.17, 15) is 0 Å². The maximum atomic E-state index is 5.53. The Hall–Kier alpha value is -1.35. The third kappa shape index (κ3) is 3.77. The molecule has 0 aromatic carbocycles. The summed E-state index contributed by atoms with van der Waals surface area (Å²) in [7, 11) is 4.10. The number of halogens is 1. The van der Waals surface area contributed by atoms with Crippen LogP contribution >= 0.6 is 39.5 Å². The molecule has 0 saturated heterocycles. The Balaban J connectivity index is 1.79. The van der Waals surface area contributed by atoms with Crippen LogP contribution in [0.15, 0.2) is 40.4 Å². The molecule has 0 fully saturated rings. The zero-order chi connectivity index (χ0) is 16.4. The topological polar surface area (TPSA) is 40.1 Å². The van der Waals surface area contributed by atoms with Crippen LogP contribution < -0.4 is 4.90 Å². The number of thiophene rings is 1. The van der Waals surface area contributed by atoms with E-state index in [-0.39, 0.29) is 0 Å². The number of nitrogens with zero attached hydrogens (tertiary/aromatic N) is 4. The molecule has 3 aromatic heterocycles. The number of quaternary nitrogens is 1. The van der Waals surface area contributed by atoms with Crippen molar-refractivity contribution in [3.8, 4) is 11.4 Å². The monoisotopic (exact) mass is 410 g/mol. The van der Waals surface area contributed by atoms with Gasteiger partial charge in [0.15, 0.2) is 12.5 Å². The van der Waals surface area contributed by atoms with Crippen molar-refractivity contribution in [1.29, 1.82) is 0 Å². The van der Waals surface area contributed by atoms with Gasteiger partial charge in [-0.05, 0) is 52.4 Å². The van der Waals surface area contributed by atoms with Crippen molar-refractivity contribution < 1.29 is 4.90 Å². The first-order valence-corrected chi connectivity index (χ1v) is 9.16. The van der Waals surface area contributed by atoms with Gasteiger partial charge in [0.2, 0.25) is 4.77 Å². The molecule has 0 radical (unpaired) electrons. The molecule has 3 rings (SSSR count). The van der Waals surface area contributed by atoms with E-state index >= 15 is 0 Å². The lowest BCUT2D eigenvalue weighted by Gasteiger charge is -2.12. The van der Waals surface area contributed by atoms with Gasteiger partial charge in [0, 0.05) is 25.0 Å². The molecule has 120 valence electrons. The summed E-state index contributed by atoms with van der Waals surface area (Å²) in [5, 5.41) is 4.69. The van der Waals surface area contributed by atoms with E-state index in [2.05, 4.69) is 45.2 Å². The van der Waals surface area contributed by atoms with Crippen LogP contribution in [-0.4, -0.2) is 26.4 Å². The number of hydrogen-bond donors (Lipinski definition) is 1. The predicted octanol–water partition coefficient (Wildman–Crippen LogP) is 2.51. The molecular formula is C15H17BrN5S2+. The summed E-state index contributed by atoms with van der Waals surface area (Å²) in [5.74, 6) is 0.865. The van der Waals surface area contributed by atoms with Gasteiger partial charge in [0.05, 0.1) is 15.7 Å². The van der Waals surface area contributed by atoms with Crippen LogP contribution in [0.5, 0.6) is 0 Å². The van der Waals surface area contributed by atoms with Gasteiger partial charge in [0.1, 0.15) is 6.54 Å². The standard InChI is InChI=1S/C15H16BrN5S2/c1-19(9-12-3-4-13(16)23-12)10-21-15(22)20(2)14(18-21)11-5-7-17-8-6-11/h3-8H,9-10H2,1-2H3/p+1. The molecule has 8 heteroatoms. The van der Waals surface area contributed by atoms with Crippen LogP contribution in [0, 0.1) is 4.77 Å². The highest BCUT2D eigenvalue weighted by molar-refractivity contribution is 9.11. The van der Waals surface area contributed by atoms with E-state index < -0.39 is 0 Å². The average molecular weight is 411 g/mol. The van der Waals surface area contributed by atoms with E-state index in [0.717, 1.165) is 33.2 Å². The molecule has 3 heterocycles. The highest BCUT2D eigenvalue weighted by atomic mass is 79.9. The van der Waals surface area contributed by atoms with E-state index in [1.165, 1.54) is 9.78 Å². The quantitative estimate of drug-likeness (QED) is 0.656. The van der Waals surface area contributed by atoms with Crippen molar-refractivity contribution in [3.05, 3.63) is 50.1 Å². The predicted molar refractivity (Wildman–Crippen MR) is 97.9 cm³/mol. The lowest BCUT2D eigenvalue weighted by Crippen LogP contribution is -3.06. The maximum absolute atomic E-state index is 5.53. The van der Waals surface area contributed by atoms with Crippen LogP contribution in [0.1, 0.15) is 4.88 Å². The summed E-state index contributed by atoms with van der Waals surface area (Å²) in [6.45, 7) is 1.67. The van der Waals surface area contributed by atoms with Crippen LogP contribution in [0.2, 0.25) is 0 Å². The summed E-state index contributed by atoms with van der Waals surface area (Å²) in [6, 6.07) is 8.13. The largest absolute Gasteiger partial charge is 0.314 e. The number of nitrogens with one attached hydrogen (secondary N) is 1. The van der Waals surface area contributed by atoms with Crippen LogP contribution in [0.4, 0.5) is 0 Å². The van der Waals surface area contributed by atoms with E-state index in [1.807, 2.05) is 28.4 Å². The minimum Gasteiger partial charge on any atom is -0.314 e. The molecule has 0 aliphatic rings. The van der Waals surface area contributed by atoms with Crippen molar-refractivity contribution in [1.82, 2.24) is 19.3 Å². The molecule has 1 N–H and O–H groups in total. The summed E-state index contributed by atoms with van der Waals surface area (Å²) >= 11 is 10.8. The maximum Gasteiger partial charge on any atom is 0.202 e. The zero-order valence-corrected chi connectivity index (χ0v) is 16.1. The molecule has 3 aromatic rings. The summed E-state index contributed by atoms with van der Waals surface area (Å²) in [6.07, 6.45) is 3.53. The minimum absolute atomic E-state index is 0.725. The lowest BCUT2D eigenvalue weighted by molar-refractivity contribution is -0.917. The van der Waals surface area contributed by atoms with Gasteiger partial charge in [-0.2, -0.15) is 4.68 Å². The fraction of sp³-hybridized carbons (Fsp3) is 0.267. The zero-order valence-electron chi connectivity index (χ0n) is 12.9. The van der Waals surface area contributed by atoms with Gasteiger partial charge in [-0.1, -0.05) is 0 Å². The fourth-order valence-corrected chi connectivity index (χ4v) is 4.19. The number of aromatic nitrogens is 4. The summed E-state index contributed by atoms with van der Waals surface area (Å²) < 4.78 is 5.72. The Morgan fingerprint density at radius 2 is 2.00 bits per heavy atom. The van der Waals surface area contributed by atoms with Crippen molar-refractivity contribution in [2.75, 3.05) is 7.05 Å². The summed E-state index contributed by atoms with van der Waals surface area (Å²) in [4.78, 5) is 6.72. The van der Waals surface area contributed by atoms with Crippen molar-refractivity contribution in [2.45, 2.75) is 13.2 Å². The Kier molecular flexibility index (Phi) is 5.05. The van der Waals surface area contributed by atoms with Crippen molar-refractivity contribution >= 4 is 39.5 Å². The van der Waals surface area contributed by atoms with E-state index in [1.54, 1.807) is 23.7 Å². The third-order valence-electron chi connectivity index (χ3n) is 3.50. The van der Waals surface area contributed by atoms with Crippen LogP contribution in [-0.2, 0) is 20.3 Å². The van der Waals surface area contributed by atoms with Gasteiger partial charge in [-0.3, -0.25) is 4.98 Å². The second-order valence-electron chi connectivity index (χ2n) is 5.40. The van der Waals surface area contributed by atoms with Crippen molar-refractivity contribution in [3.63, 3.8) is 0 Å². The molecule has 0 aliphatic carbocycles. The molecule has 0 amide bonds. The molecule has 23 heavy (non-hydrogen) atoms. The fourth-order valence-electron chi connectivity index (χ4n) is 2.40. The third-order valence-corrected chi connectivity index (χ3v) is 5.61. The smallest absolute Gasteiger partial charge is 0.202 e. The van der Waals surface area contributed by atoms with Gasteiger partial charge in [-0.15, -0.1) is 16.4 Å². The van der Waals surface area contributed by atoms with Crippen LogP contribution in [0.3, 0.4) is 0 Å². The molecular weight excluding hydrogens is 394 g/mol. The van der Waals surface area contributed by atoms with Crippen molar-refractivity contribution in [2.24, 2.45) is 7.05 Å². The van der Waals surface area contributed by atoms with Gasteiger partial charge >= 0.3 is 0 Å². The number of rotatable bonds is 5. The Bertz CT molecular complexity index is 852. The Labute approximate surface area is 152 Å². The molecule has 1 unspecified atom stereocenters. The molecule has 5 nitrogen and oxygen atoms in total. The van der Waals surface area contributed by atoms with E-state index in [0.29, 0.717) is 0 Å². The lowest BCUT2D eigenvalue weighted by atomic mass is 10.2. The molecule has 0 spiro atoms. The second kappa shape index (κ2) is 7.04. The first kappa shape index (κ1) is 16.5. The highest BCUT2D eigenvalue weighted by Gasteiger charge is 2.13. The highest BCUT2D eigenvalue weighted by Crippen LogP contribution is 2.21. The SMILES string of the molecule is Cn1c(-c2ccncc2)nn(C[NH+](C)Cc2ccc(Br)s2)c1=S. The Morgan fingerprint density at radius 3 is 2.65 bits per heavy atom. The first-order chi connectivity index (χ1) is 11.0. The molecule has 1 atom stereocenters. The van der Waals surface area contributed by atoms with Crippen LogP contribution in [0.25, 0.3) is 11.4 Å².